The van der Waals surface area contributed by atoms with E-state index in [0.717, 1.165) is 5.56 Å². The molecule has 1 aromatic carbocycles. The van der Waals surface area contributed by atoms with E-state index < -0.39 is 0 Å². The van der Waals surface area contributed by atoms with Gasteiger partial charge >= 0.3 is 0 Å². The molecule has 0 aliphatic heterocycles. The summed E-state index contributed by atoms with van der Waals surface area (Å²) in [6.45, 7) is 1.97. The van der Waals surface area contributed by atoms with Crippen LogP contribution in [0, 0.1) is 12.3 Å². The predicted molar refractivity (Wildman–Crippen MR) is 64.3 cm³/mol. The molecule has 0 amide bonds. The highest BCUT2D eigenvalue weighted by Crippen LogP contribution is 2.21. The standard InChI is InChI=1S/C12H12N4O/c1-8-3-2-4-9(7-8)17-12-10(11(13)14)15-5-6-16-12/h2-7H,1H3,(H3,13,14). The molecule has 0 fully saturated rings. The smallest absolute Gasteiger partial charge is 0.249 e. The summed E-state index contributed by atoms with van der Waals surface area (Å²) in [4.78, 5) is 7.98. The molecule has 0 radical (unpaired) electrons. The van der Waals surface area contributed by atoms with E-state index in [1.807, 2.05) is 31.2 Å². The molecule has 0 saturated carbocycles. The van der Waals surface area contributed by atoms with Crippen LogP contribution in [0.4, 0.5) is 0 Å². The maximum absolute atomic E-state index is 7.38. The molecule has 0 unspecified atom stereocenters. The quantitative estimate of drug-likeness (QED) is 0.620. The van der Waals surface area contributed by atoms with Crippen LogP contribution in [0.2, 0.25) is 0 Å². The molecule has 0 spiro atoms. The van der Waals surface area contributed by atoms with E-state index in [-0.39, 0.29) is 17.4 Å². The molecule has 17 heavy (non-hydrogen) atoms. The van der Waals surface area contributed by atoms with Crippen molar-refractivity contribution < 1.29 is 4.74 Å². The van der Waals surface area contributed by atoms with E-state index in [1.165, 1.54) is 12.4 Å². The zero-order chi connectivity index (χ0) is 12.3. The van der Waals surface area contributed by atoms with Crippen LogP contribution in [0.3, 0.4) is 0 Å². The largest absolute Gasteiger partial charge is 0.437 e. The third-order valence-corrected chi connectivity index (χ3v) is 2.12. The van der Waals surface area contributed by atoms with Crippen LogP contribution >= 0.6 is 0 Å². The van der Waals surface area contributed by atoms with Crippen molar-refractivity contribution in [1.82, 2.24) is 9.97 Å². The lowest BCUT2D eigenvalue weighted by Crippen LogP contribution is -2.15. The highest BCUT2D eigenvalue weighted by molar-refractivity contribution is 5.95. The summed E-state index contributed by atoms with van der Waals surface area (Å²) in [5.74, 6) is 0.722. The zero-order valence-electron chi connectivity index (χ0n) is 9.34. The molecule has 0 atom stereocenters. The number of ether oxygens (including phenoxy) is 1. The lowest BCUT2D eigenvalue weighted by molar-refractivity contribution is 0.458. The first-order chi connectivity index (χ1) is 8.16. The molecule has 0 aliphatic rings. The molecule has 1 heterocycles. The van der Waals surface area contributed by atoms with E-state index in [9.17, 15) is 0 Å². The maximum Gasteiger partial charge on any atom is 0.249 e. The fourth-order valence-electron chi connectivity index (χ4n) is 1.38. The first-order valence-electron chi connectivity index (χ1n) is 5.07. The van der Waals surface area contributed by atoms with Gasteiger partial charge in [0.25, 0.3) is 0 Å². The molecular formula is C12H12N4O. The van der Waals surface area contributed by atoms with Crippen molar-refractivity contribution in [2.45, 2.75) is 6.92 Å². The second kappa shape index (κ2) is 4.61. The Morgan fingerprint density at radius 3 is 2.76 bits per heavy atom. The Kier molecular flexibility index (Phi) is 3.00. The molecule has 0 aliphatic carbocycles. The maximum atomic E-state index is 7.38. The molecule has 5 heteroatoms. The van der Waals surface area contributed by atoms with Gasteiger partial charge in [0, 0.05) is 12.4 Å². The molecule has 0 bridgehead atoms. The molecule has 86 valence electrons. The van der Waals surface area contributed by atoms with Crippen molar-refractivity contribution in [1.29, 1.82) is 5.41 Å². The van der Waals surface area contributed by atoms with E-state index in [2.05, 4.69) is 9.97 Å². The van der Waals surface area contributed by atoms with Crippen LogP contribution in [0.15, 0.2) is 36.7 Å². The number of nitrogens with one attached hydrogen (secondary N) is 1. The van der Waals surface area contributed by atoms with Gasteiger partial charge in [-0.25, -0.2) is 9.97 Å². The number of nitrogen functional groups attached to an aromatic ring is 1. The Morgan fingerprint density at radius 2 is 2.06 bits per heavy atom. The highest BCUT2D eigenvalue weighted by atomic mass is 16.5. The second-order valence-corrected chi connectivity index (χ2v) is 3.54. The fourth-order valence-corrected chi connectivity index (χ4v) is 1.38. The van der Waals surface area contributed by atoms with Gasteiger partial charge < -0.3 is 10.5 Å². The number of rotatable bonds is 3. The van der Waals surface area contributed by atoms with Crippen molar-refractivity contribution >= 4 is 5.84 Å². The Balaban J connectivity index is 2.33. The Bertz CT molecular complexity index is 554. The summed E-state index contributed by atoms with van der Waals surface area (Å²) < 4.78 is 5.56. The van der Waals surface area contributed by atoms with E-state index in [4.69, 9.17) is 15.9 Å². The summed E-state index contributed by atoms with van der Waals surface area (Å²) in [5, 5.41) is 7.38. The molecule has 2 rings (SSSR count). The van der Waals surface area contributed by atoms with Crippen molar-refractivity contribution in [3.8, 4) is 11.6 Å². The minimum atomic E-state index is -0.166. The first kappa shape index (κ1) is 11.1. The summed E-state index contributed by atoms with van der Waals surface area (Å²) in [6, 6.07) is 7.54. The van der Waals surface area contributed by atoms with E-state index >= 15 is 0 Å². The zero-order valence-corrected chi connectivity index (χ0v) is 9.34. The van der Waals surface area contributed by atoms with Crippen molar-refractivity contribution in [2.75, 3.05) is 0 Å². The van der Waals surface area contributed by atoms with Crippen molar-refractivity contribution in [3.63, 3.8) is 0 Å². The molecule has 1 aromatic heterocycles. The summed E-state index contributed by atoms with van der Waals surface area (Å²) in [7, 11) is 0. The molecule has 3 N–H and O–H groups in total. The minimum absolute atomic E-state index is 0.166. The average molecular weight is 228 g/mol. The molecule has 0 saturated heterocycles. The van der Waals surface area contributed by atoms with Gasteiger partial charge in [0.2, 0.25) is 5.88 Å². The van der Waals surface area contributed by atoms with Gasteiger partial charge in [-0.3, -0.25) is 5.41 Å². The topological polar surface area (TPSA) is 84.9 Å². The molecule has 5 nitrogen and oxygen atoms in total. The van der Waals surface area contributed by atoms with Gasteiger partial charge in [-0.15, -0.1) is 0 Å². The van der Waals surface area contributed by atoms with Crippen molar-refractivity contribution in [2.24, 2.45) is 5.73 Å². The Labute approximate surface area is 98.8 Å². The van der Waals surface area contributed by atoms with Gasteiger partial charge in [-0.1, -0.05) is 12.1 Å². The summed E-state index contributed by atoms with van der Waals surface area (Å²) in [6.07, 6.45) is 2.97. The van der Waals surface area contributed by atoms with Crippen LogP contribution < -0.4 is 10.5 Å². The summed E-state index contributed by atoms with van der Waals surface area (Å²) >= 11 is 0. The van der Waals surface area contributed by atoms with E-state index in [1.54, 1.807) is 0 Å². The first-order valence-corrected chi connectivity index (χ1v) is 5.07. The average Bonchev–Trinajstić information content (AvgIpc) is 2.29. The predicted octanol–water partition coefficient (Wildman–Crippen LogP) is 1.86. The van der Waals surface area contributed by atoms with Gasteiger partial charge in [0.05, 0.1) is 0 Å². The summed E-state index contributed by atoms with van der Waals surface area (Å²) in [5.41, 5.74) is 6.72. The number of nitrogens with zero attached hydrogens (tertiary/aromatic N) is 2. The third kappa shape index (κ3) is 2.57. The van der Waals surface area contributed by atoms with E-state index in [0.29, 0.717) is 5.75 Å². The minimum Gasteiger partial charge on any atom is -0.437 e. The number of aromatic nitrogens is 2. The SMILES string of the molecule is Cc1cccc(Oc2nccnc2C(=N)N)c1. The normalized spacial score (nSPS) is 9.94. The number of amidine groups is 1. The number of benzene rings is 1. The van der Waals surface area contributed by atoms with Crippen LogP contribution in [0.25, 0.3) is 0 Å². The van der Waals surface area contributed by atoms with Gasteiger partial charge in [-0.2, -0.15) is 0 Å². The van der Waals surface area contributed by atoms with Crippen LogP contribution in [-0.2, 0) is 0 Å². The molecular weight excluding hydrogens is 216 g/mol. The lowest BCUT2D eigenvalue weighted by atomic mass is 10.2. The van der Waals surface area contributed by atoms with Crippen molar-refractivity contribution in [3.05, 3.63) is 47.9 Å². The van der Waals surface area contributed by atoms with Crippen LogP contribution in [-0.4, -0.2) is 15.8 Å². The number of nitrogens with two attached hydrogens (primary N) is 1. The molecule has 2 aromatic rings. The van der Waals surface area contributed by atoms with Crippen LogP contribution in [0.1, 0.15) is 11.3 Å². The monoisotopic (exact) mass is 228 g/mol. The lowest BCUT2D eigenvalue weighted by Gasteiger charge is -2.07. The van der Waals surface area contributed by atoms with Gasteiger partial charge in [0.15, 0.2) is 5.69 Å². The Morgan fingerprint density at radius 1 is 1.29 bits per heavy atom. The third-order valence-electron chi connectivity index (χ3n) is 2.12. The van der Waals surface area contributed by atoms with Crippen LogP contribution in [0.5, 0.6) is 11.6 Å². The van der Waals surface area contributed by atoms with Gasteiger partial charge in [0.1, 0.15) is 11.6 Å². The fraction of sp³-hybridized carbons (Fsp3) is 0.0833. The second-order valence-electron chi connectivity index (χ2n) is 3.54. The Hall–Kier alpha value is -2.43. The number of aryl methyl sites for hydroxylation is 1. The van der Waals surface area contributed by atoms with Gasteiger partial charge in [-0.05, 0) is 24.6 Å². The number of hydrogen-bond donors (Lipinski definition) is 2. The highest BCUT2D eigenvalue weighted by Gasteiger charge is 2.10. The number of hydrogen-bond acceptors (Lipinski definition) is 4.